The average Bonchev–Trinajstić information content (AvgIpc) is 3.74. The molecule has 0 spiro atoms. The van der Waals surface area contributed by atoms with Crippen LogP contribution < -0.4 is 0 Å². The highest BCUT2D eigenvalue weighted by molar-refractivity contribution is 6.10. The molecule has 0 bridgehead atoms. The van der Waals surface area contributed by atoms with Crippen LogP contribution in [0.4, 0.5) is 0 Å². The summed E-state index contributed by atoms with van der Waals surface area (Å²) < 4.78 is 12.7. The number of hydrogen-bond acceptors (Lipinski definition) is 6. The smallest absolute Gasteiger partial charge is 0.227 e. The quantitative estimate of drug-likeness (QED) is 0.198. The van der Waals surface area contributed by atoms with Gasteiger partial charge in [-0.15, -0.1) is 0 Å². The Bertz CT molecular complexity index is 2460. The van der Waals surface area contributed by atoms with E-state index in [1.165, 1.54) is 0 Å². The third-order valence-electron chi connectivity index (χ3n) is 8.18. The molecular weight excluding hydrogens is 568 g/mol. The zero-order valence-electron chi connectivity index (χ0n) is 24.5. The van der Waals surface area contributed by atoms with Gasteiger partial charge in [0.15, 0.2) is 23.1 Å². The van der Waals surface area contributed by atoms with Crippen molar-refractivity contribution in [3.8, 4) is 56.7 Å². The van der Waals surface area contributed by atoms with Crippen LogP contribution in [0.2, 0.25) is 0 Å². The van der Waals surface area contributed by atoms with E-state index in [0.717, 1.165) is 66.4 Å². The lowest BCUT2D eigenvalue weighted by atomic mass is 10.0. The molecule has 0 radical (unpaired) electrons. The highest BCUT2D eigenvalue weighted by Gasteiger charge is 2.17. The van der Waals surface area contributed by atoms with Crippen molar-refractivity contribution >= 4 is 33.0 Å². The van der Waals surface area contributed by atoms with Crippen LogP contribution in [0.1, 0.15) is 0 Å². The van der Waals surface area contributed by atoms with Crippen LogP contribution >= 0.6 is 0 Å². The summed E-state index contributed by atoms with van der Waals surface area (Å²) in [6.45, 7) is 0. The fourth-order valence-corrected chi connectivity index (χ4v) is 5.90. The Morgan fingerprint density at radius 3 is 1.65 bits per heavy atom. The molecule has 0 aliphatic heterocycles. The normalized spacial score (nSPS) is 11.5. The van der Waals surface area contributed by atoms with E-state index in [1.807, 2.05) is 103 Å². The molecule has 0 unspecified atom stereocenters. The zero-order valence-corrected chi connectivity index (χ0v) is 24.5. The Morgan fingerprint density at radius 2 is 0.978 bits per heavy atom. The van der Waals surface area contributed by atoms with Crippen LogP contribution in [-0.2, 0) is 0 Å². The van der Waals surface area contributed by atoms with Crippen molar-refractivity contribution in [2.24, 2.45) is 0 Å². The average molecular weight is 593 g/mol. The van der Waals surface area contributed by atoms with E-state index in [0.29, 0.717) is 23.4 Å². The molecule has 46 heavy (non-hydrogen) atoms. The molecule has 0 aliphatic rings. The van der Waals surface area contributed by atoms with Crippen LogP contribution in [0.15, 0.2) is 154 Å². The van der Waals surface area contributed by atoms with E-state index in [4.69, 9.17) is 28.8 Å². The largest absolute Gasteiger partial charge is 0.455 e. The molecule has 3 heterocycles. The fraction of sp³-hybridized carbons (Fsp3) is 0. The van der Waals surface area contributed by atoms with Crippen LogP contribution in [0.5, 0.6) is 0 Å². The standard InChI is InChI=1S/C40H24N4O2/c1-4-11-25(12-5-1)37-42-38(26-13-6-2-7-14-26)44-39(43-37)29-19-21-31-32-18-10-17-30(36(32)45-35(31)24-29)28-20-22-34-33(23-28)41-40(46-34)27-15-8-3-9-16-27/h1-24H. The Labute approximate surface area is 263 Å². The van der Waals surface area contributed by atoms with E-state index < -0.39 is 0 Å². The number of benzene rings is 6. The molecule has 0 N–H and O–H groups in total. The molecule has 0 aliphatic carbocycles. The molecule has 9 aromatic rings. The van der Waals surface area contributed by atoms with Gasteiger partial charge in [0.2, 0.25) is 5.89 Å². The fourth-order valence-electron chi connectivity index (χ4n) is 5.90. The second-order valence-corrected chi connectivity index (χ2v) is 11.1. The van der Waals surface area contributed by atoms with Gasteiger partial charge in [-0.2, -0.15) is 0 Å². The van der Waals surface area contributed by atoms with Gasteiger partial charge in [0.05, 0.1) is 0 Å². The van der Waals surface area contributed by atoms with Crippen molar-refractivity contribution in [1.82, 2.24) is 19.9 Å². The van der Waals surface area contributed by atoms with Crippen LogP contribution in [-0.4, -0.2) is 19.9 Å². The van der Waals surface area contributed by atoms with Crippen LogP contribution in [0, 0.1) is 0 Å². The maximum absolute atomic E-state index is 6.60. The maximum atomic E-state index is 6.60. The maximum Gasteiger partial charge on any atom is 0.227 e. The van der Waals surface area contributed by atoms with Gasteiger partial charge < -0.3 is 8.83 Å². The Morgan fingerprint density at radius 1 is 0.370 bits per heavy atom. The lowest BCUT2D eigenvalue weighted by Crippen LogP contribution is -2.00. The summed E-state index contributed by atoms with van der Waals surface area (Å²) in [4.78, 5) is 19.4. The minimum atomic E-state index is 0.584. The highest BCUT2D eigenvalue weighted by Crippen LogP contribution is 2.38. The van der Waals surface area contributed by atoms with Gasteiger partial charge in [0.25, 0.3) is 0 Å². The van der Waals surface area contributed by atoms with E-state index in [1.54, 1.807) is 0 Å². The van der Waals surface area contributed by atoms with Crippen molar-refractivity contribution < 1.29 is 8.83 Å². The topological polar surface area (TPSA) is 77.8 Å². The lowest BCUT2D eigenvalue weighted by molar-refractivity contribution is 0.620. The molecule has 216 valence electrons. The summed E-state index contributed by atoms with van der Waals surface area (Å²) in [5.74, 6) is 2.43. The molecule has 0 atom stereocenters. The first-order valence-corrected chi connectivity index (χ1v) is 15.1. The minimum Gasteiger partial charge on any atom is -0.455 e. The minimum absolute atomic E-state index is 0.584. The third-order valence-corrected chi connectivity index (χ3v) is 8.18. The molecule has 6 heteroatoms. The Balaban J connectivity index is 1.16. The second kappa shape index (κ2) is 10.6. The van der Waals surface area contributed by atoms with E-state index in [-0.39, 0.29) is 0 Å². The molecule has 0 saturated carbocycles. The lowest BCUT2D eigenvalue weighted by Gasteiger charge is -2.08. The van der Waals surface area contributed by atoms with Gasteiger partial charge in [-0.05, 0) is 42.0 Å². The first-order chi connectivity index (χ1) is 22.8. The van der Waals surface area contributed by atoms with Gasteiger partial charge in [-0.1, -0.05) is 109 Å². The number of rotatable bonds is 5. The van der Waals surface area contributed by atoms with E-state index in [2.05, 4.69) is 42.5 Å². The van der Waals surface area contributed by atoms with Crippen molar-refractivity contribution in [3.05, 3.63) is 146 Å². The molecule has 3 aromatic heterocycles. The molecule has 0 fully saturated rings. The van der Waals surface area contributed by atoms with Gasteiger partial charge in [0, 0.05) is 38.6 Å². The number of aromatic nitrogens is 4. The third kappa shape index (κ3) is 4.52. The molecule has 0 amide bonds. The Kier molecular flexibility index (Phi) is 6.03. The van der Waals surface area contributed by atoms with E-state index >= 15 is 0 Å². The van der Waals surface area contributed by atoms with Crippen molar-refractivity contribution in [2.75, 3.05) is 0 Å². The Hall–Kier alpha value is -6.40. The van der Waals surface area contributed by atoms with Crippen molar-refractivity contribution in [2.45, 2.75) is 0 Å². The summed E-state index contributed by atoms with van der Waals surface area (Å²) in [6, 6.07) is 48.4. The summed E-state index contributed by atoms with van der Waals surface area (Å²) in [5.41, 5.74) is 8.75. The molecular formula is C40H24N4O2. The van der Waals surface area contributed by atoms with Crippen LogP contribution in [0.25, 0.3) is 89.8 Å². The molecule has 9 rings (SSSR count). The van der Waals surface area contributed by atoms with Crippen LogP contribution in [0.3, 0.4) is 0 Å². The number of fused-ring (bicyclic) bond motifs is 4. The molecule has 0 saturated heterocycles. The number of furan rings is 1. The van der Waals surface area contributed by atoms with Gasteiger partial charge in [-0.25, -0.2) is 19.9 Å². The first-order valence-electron chi connectivity index (χ1n) is 15.1. The summed E-state index contributed by atoms with van der Waals surface area (Å²) >= 11 is 0. The van der Waals surface area contributed by atoms with Gasteiger partial charge >= 0.3 is 0 Å². The molecule has 6 aromatic carbocycles. The number of nitrogens with zero attached hydrogens (tertiary/aromatic N) is 4. The summed E-state index contributed by atoms with van der Waals surface area (Å²) in [5, 5.41) is 2.06. The van der Waals surface area contributed by atoms with Gasteiger partial charge in [-0.3, -0.25) is 0 Å². The van der Waals surface area contributed by atoms with E-state index in [9.17, 15) is 0 Å². The SMILES string of the molecule is c1ccc(-c2nc(-c3ccccc3)nc(-c3ccc4c(c3)oc3c(-c5ccc6oc(-c7ccccc7)nc6c5)cccc34)n2)cc1. The molecule has 6 nitrogen and oxygen atoms in total. The predicted octanol–water partition coefficient (Wildman–Crippen LogP) is 10.2. The van der Waals surface area contributed by atoms with Crippen molar-refractivity contribution in [3.63, 3.8) is 0 Å². The monoisotopic (exact) mass is 592 g/mol. The van der Waals surface area contributed by atoms with Gasteiger partial charge in [0.1, 0.15) is 16.7 Å². The number of oxazole rings is 1. The predicted molar refractivity (Wildman–Crippen MR) is 182 cm³/mol. The summed E-state index contributed by atoms with van der Waals surface area (Å²) in [6.07, 6.45) is 0. The second-order valence-electron chi connectivity index (χ2n) is 11.1. The summed E-state index contributed by atoms with van der Waals surface area (Å²) in [7, 11) is 0. The first kappa shape index (κ1) is 26.0. The number of para-hydroxylation sites is 1. The zero-order chi connectivity index (χ0) is 30.5. The van der Waals surface area contributed by atoms with Crippen molar-refractivity contribution in [1.29, 1.82) is 0 Å². The number of hydrogen-bond donors (Lipinski definition) is 0. The highest BCUT2D eigenvalue weighted by atomic mass is 16.3.